The van der Waals surface area contributed by atoms with Gasteiger partial charge in [0.25, 0.3) is 0 Å². The van der Waals surface area contributed by atoms with Crippen molar-refractivity contribution in [3.05, 3.63) is 29.8 Å². The Morgan fingerprint density at radius 1 is 1.56 bits per heavy atom. The maximum Gasteiger partial charge on any atom is 0.236 e. The predicted molar refractivity (Wildman–Crippen MR) is 66.5 cm³/mol. The first kappa shape index (κ1) is 11.5. The van der Waals surface area contributed by atoms with Crippen LogP contribution in [-0.2, 0) is 11.2 Å². The van der Waals surface area contributed by atoms with Crippen LogP contribution in [-0.4, -0.2) is 36.2 Å². The molecule has 1 aromatic rings. The molecule has 0 aromatic heterocycles. The lowest BCUT2D eigenvalue weighted by atomic mass is 10.1. The van der Waals surface area contributed by atoms with E-state index >= 15 is 0 Å². The lowest BCUT2D eigenvalue weighted by Crippen LogP contribution is -2.37. The number of thioether (sulfide) groups is 1. The summed E-state index contributed by atoms with van der Waals surface area (Å²) < 4.78 is 0. The van der Waals surface area contributed by atoms with E-state index in [0.29, 0.717) is 13.1 Å². The van der Waals surface area contributed by atoms with E-state index in [4.69, 9.17) is 5.73 Å². The number of carbonyl (C=O) groups excluding carboxylic acids is 1. The SMILES string of the molecule is CN(CCN)C(=O)C1Cc2ccccc2S1. The summed E-state index contributed by atoms with van der Waals surface area (Å²) in [7, 11) is 1.82. The molecule has 1 atom stereocenters. The topological polar surface area (TPSA) is 46.3 Å². The second-order valence-electron chi connectivity index (χ2n) is 3.97. The van der Waals surface area contributed by atoms with E-state index < -0.39 is 0 Å². The van der Waals surface area contributed by atoms with Crippen molar-refractivity contribution in [2.75, 3.05) is 20.1 Å². The van der Waals surface area contributed by atoms with Gasteiger partial charge in [-0.25, -0.2) is 0 Å². The number of carbonyl (C=O) groups is 1. The number of nitrogens with two attached hydrogens (primary N) is 1. The second-order valence-corrected chi connectivity index (χ2v) is 5.21. The Bertz CT molecular complexity index is 369. The minimum absolute atomic E-state index is 0.0361. The highest BCUT2D eigenvalue weighted by Crippen LogP contribution is 2.37. The Morgan fingerprint density at radius 3 is 3.00 bits per heavy atom. The molecule has 0 saturated carbocycles. The number of rotatable bonds is 3. The highest BCUT2D eigenvalue weighted by molar-refractivity contribution is 8.01. The summed E-state index contributed by atoms with van der Waals surface area (Å²) in [5.74, 6) is 0.187. The number of hydrogen-bond acceptors (Lipinski definition) is 3. The molecule has 1 aliphatic heterocycles. The van der Waals surface area contributed by atoms with Gasteiger partial charge >= 0.3 is 0 Å². The first-order chi connectivity index (χ1) is 7.72. The quantitative estimate of drug-likeness (QED) is 0.855. The molecule has 4 heteroatoms. The normalized spacial score (nSPS) is 18.2. The van der Waals surface area contributed by atoms with Crippen LogP contribution in [0.1, 0.15) is 5.56 Å². The Kier molecular flexibility index (Phi) is 3.51. The smallest absolute Gasteiger partial charge is 0.236 e. The van der Waals surface area contributed by atoms with Gasteiger partial charge in [0.1, 0.15) is 0 Å². The zero-order valence-corrected chi connectivity index (χ0v) is 10.2. The van der Waals surface area contributed by atoms with Crippen LogP contribution in [0.25, 0.3) is 0 Å². The Hall–Kier alpha value is -1.00. The van der Waals surface area contributed by atoms with E-state index in [2.05, 4.69) is 12.1 Å². The van der Waals surface area contributed by atoms with E-state index in [1.54, 1.807) is 16.7 Å². The molecule has 0 saturated heterocycles. The van der Waals surface area contributed by atoms with Gasteiger partial charge < -0.3 is 10.6 Å². The van der Waals surface area contributed by atoms with Crippen molar-refractivity contribution in [3.8, 4) is 0 Å². The summed E-state index contributed by atoms with van der Waals surface area (Å²) in [6, 6.07) is 8.22. The van der Waals surface area contributed by atoms with Gasteiger partial charge in [0.05, 0.1) is 5.25 Å². The third kappa shape index (κ3) is 2.23. The largest absolute Gasteiger partial charge is 0.344 e. The maximum absolute atomic E-state index is 12.1. The minimum atomic E-state index is 0.0361. The van der Waals surface area contributed by atoms with E-state index in [-0.39, 0.29) is 11.2 Å². The number of benzene rings is 1. The summed E-state index contributed by atoms with van der Waals surface area (Å²) in [6.07, 6.45) is 0.842. The highest BCUT2D eigenvalue weighted by atomic mass is 32.2. The number of amides is 1. The molecular weight excluding hydrogens is 220 g/mol. The third-order valence-corrected chi connectivity index (χ3v) is 4.07. The van der Waals surface area contributed by atoms with Crippen LogP contribution in [0.15, 0.2) is 29.2 Å². The summed E-state index contributed by atoms with van der Waals surface area (Å²) in [4.78, 5) is 15.0. The molecule has 0 bridgehead atoms. The zero-order chi connectivity index (χ0) is 11.5. The predicted octanol–water partition coefficient (Wildman–Crippen LogP) is 1.12. The number of fused-ring (bicyclic) bond motifs is 1. The van der Waals surface area contributed by atoms with Gasteiger partial charge in [-0.2, -0.15) is 0 Å². The van der Waals surface area contributed by atoms with Crippen molar-refractivity contribution in [1.29, 1.82) is 0 Å². The fourth-order valence-corrected chi connectivity index (χ4v) is 3.18. The molecule has 3 nitrogen and oxygen atoms in total. The van der Waals surface area contributed by atoms with Crippen molar-refractivity contribution in [3.63, 3.8) is 0 Å². The van der Waals surface area contributed by atoms with Crippen molar-refractivity contribution in [2.24, 2.45) is 5.73 Å². The molecule has 1 amide bonds. The molecule has 86 valence electrons. The molecule has 1 aromatic carbocycles. The van der Waals surface area contributed by atoms with Crippen LogP contribution in [0, 0.1) is 0 Å². The molecule has 0 fully saturated rings. The molecule has 2 rings (SSSR count). The van der Waals surface area contributed by atoms with Crippen LogP contribution in [0.5, 0.6) is 0 Å². The van der Waals surface area contributed by atoms with E-state index in [1.165, 1.54) is 10.5 Å². The highest BCUT2D eigenvalue weighted by Gasteiger charge is 2.29. The van der Waals surface area contributed by atoms with E-state index in [9.17, 15) is 4.79 Å². The lowest BCUT2D eigenvalue weighted by molar-refractivity contribution is -0.129. The fourth-order valence-electron chi connectivity index (χ4n) is 1.87. The Labute approximate surface area is 100.0 Å². The molecule has 2 N–H and O–H groups in total. The number of nitrogens with zero attached hydrogens (tertiary/aromatic N) is 1. The van der Waals surface area contributed by atoms with Crippen LogP contribution >= 0.6 is 11.8 Å². The van der Waals surface area contributed by atoms with Crippen molar-refractivity contribution < 1.29 is 4.79 Å². The van der Waals surface area contributed by atoms with Crippen molar-refractivity contribution in [2.45, 2.75) is 16.6 Å². The first-order valence-corrected chi connectivity index (χ1v) is 6.30. The molecular formula is C12H16N2OS. The molecule has 0 radical (unpaired) electrons. The van der Waals surface area contributed by atoms with Crippen molar-refractivity contribution >= 4 is 17.7 Å². The van der Waals surface area contributed by atoms with Gasteiger partial charge in [-0.3, -0.25) is 4.79 Å². The van der Waals surface area contributed by atoms with Crippen LogP contribution < -0.4 is 5.73 Å². The van der Waals surface area contributed by atoms with Gasteiger partial charge in [0.15, 0.2) is 0 Å². The summed E-state index contributed by atoms with van der Waals surface area (Å²) in [6.45, 7) is 1.15. The van der Waals surface area contributed by atoms with Crippen LogP contribution in [0.3, 0.4) is 0 Å². The molecule has 1 heterocycles. The van der Waals surface area contributed by atoms with Gasteiger partial charge in [-0.05, 0) is 18.1 Å². The molecule has 16 heavy (non-hydrogen) atoms. The zero-order valence-electron chi connectivity index (χ0n) is 9.35. The second kappa shape index (κ2) is 4.89. The Balaban J connectivity index is 2.03. The lowest BCUT2D eigenvalue weighted by Gasteiger charge is -2.19. The summed E-state index contributed by atoms with van der Waals surface area (Å²) in [5, 5.41) is 0.0361. The monoisotopic (exact) mass is 236 g/mol. The minimum Gasteiger partial charge on any atom is -0.344 e. The summed E-state index contributed by atoms with van der Waals surface area (Å²) in [5.41, 5.74) is 6.73. The fraction of sp³-hybridized carbons (Fsp3) is 0.417. The third-order valence-electron chi connectivity index (χ3n) is 2.76. The average molecular weight is 236 g/mol. The number of likely N-dealkylation sites (N-methyl/N-ethyl adjacent to an activating group) is 1. The average Bonchev–Trinajstić information content (AvgIpc) is 2.71. The van der Waals surface area contributed by atoms with Crippen LogP contribution in [0.2, 0.25) is 0 Å². The standard InChI is InChI=1S/C12H16N2OS/c1-14(7-6-13)12(15)11-8-9-4-2-3-5-10(9)16-11/h2-5,11H,6-8,13H2,1H3. The van der Waals surface area contributed by atoms with Gasteiger partial charge in [0.2, 0.25) is 5.91 Å². The Morgan fingerprint density at radius 2 is 2.31 bits per heavy atom. The van der Waals surface area contributed by atoms with Gasteiger partial charge in [-0.1, -0.05) is 18.2 Å². The van der Waals surface area contributed by atoms with Gasteiger partial charge in [-0.15, -0.1) is 11.8 Å². The molecule has 1 unspecified atom stereocenters. The maximum atomic E-state index is 12.1. The van der Waals surface area contributed by atoms with Gasteiger partial charge in [0, 0.05) is 25.0 Å². The van der Waals surface area contributed by atoms with Crippen molar-refractivity contribution in [1.82, 2.24) is 4.90 Å². The van der Waals surface area contributed by atoms with Crippen LogP contribution in [0.4, 0.5) is 0 Å². The number of hydrogen-bond donors (Lipinski definition) is 1. The summed E-state index contributed by atoms with van der Waals surface area (Å²) >= 11 is 1.67. The molecule has 0 spiro atoms. The first-order valence-electron chi connectivity index (χ1n) is 5.42. The molecule has 0 aliphatic carbocycles. The van der Waals surface area contributed by atoms with E-state index in [0.717, 1.165) is 6.42 Å². The molecule has 1 aliphatic rings. The van der Waals surface area contributed by atoms with E-state index in [1.807, 2.05) is 19.2 Å².